The number of aromatic nitrogens is 8. The number of nitrogens with zero attached hydrogens (tertiary/aromatic N) is 9. The van der Waals surface area contributed by atoms with Gasteiger partial charge >= 0.3 is 0 Å². The van der Waals surface area contributed by atoms with Gasteiger partial charge in [0.25, 0.3) is 0 Å². The number of amides is 2. The summed E-state index contributed by atoms with van der Waals surface area (Å²) in [7, 11) is 5.97. The largest absolute Gasteiger partial charge is 0.474 e. The average molecular weight is 774 g/mol. The highest BCUT2D eigenvalue weighted by Crippen LogP contribution is 2.33. The second kappa shape index (κ2) is 16.0. The van der Waals surface area contributed by atoms with Crippen LogP contribution in [-0.2, 0) is 43.1 Å². The summed E-state index contributed by atoms with van der Waals surface area (Å²) in [6, 6.07) is 10.7. The first kappa shape index (κ1) is 38.1. The molecule has 0 aliphatic carbocycles. The van der Waals surface area contributed by atoms with Crippen LogP contribution in [0.15, 0.2) is 55.1 Å². The molecule has 2 N–H and O–H groups in total. The molecular formula is C42H51N11O4. The Morgan fingerprint density at radius 1 is 0.737 bits per heavy atom. The minimum atomic E-state index is -0.126. The Labute approximate surface area is 331 Å². The highest BCUT2D eigenvalue weighted by molar-refractivity contribution is 5.88. The van der Waals surface area contributed by atoms with Gasteiger partial charge in [0.1, 0.15) is 12.2 Å². The van der Waals surface area contributed by atoms with Crippen molar-refractivity contribution in [3.8, 4) is 34.3 Å². The van der Waals surface area contributed by atoms with Gasteiger partial charge in [-0.2, -0.15) is 15.3 Å². The van der Waals surface area contributed by atoms with Gasteiger partial charge in [-0.25, -0.2) is 9.97 Å². The summed E-state index contributed by atoms with van der Waals surface area (Å²) < 4.78 is 17.9. The zero-order valence-electron chi connectivity index (χ0n) is 33.5. The molecule has 57 heavy (non-hydrogen) atoms. The van der Waals surface area contributed by atoms with Crippen LogP contribution in [0.5, 0.6) is 11.8 Å². The van der Waals surface area contributed by atoms with Gasteiger partial charge in [-0.05, 0) is 70.0 Å². The van der Waals surface area contributed by atoms with E-state index in [1.54, 1.807) is 15.6 Å². The van der Waals surface area contributed by atoms with Crippen molar-refractivity contribution in [3.63, 3.8) is 0 Å². The second-order valence-corrected chi connectivity index (χ2v) is 15.7. The lowest BCUT2D eigenvalue weighted by Crippen LogP contribution is -2.26. The SMILES string of the molecule is CCn1cc(-c2cc3nn(C)cc3c(O[C@H](C)[C@H]3CNC(=O)C3)n2)cn1.C[C@@H](Oc1nc(-c2ccc3c(c2)CCN(C)CC3)cc2nn(C)cc12)[C@H]1CNC(=O)C1. The first-order valence-electron chi connectivity index (χ1n) is 19.9. The molecule has 4 atom stereocenters. The number of carbonyl (C=O) groups is 2. The van der Waals surface area contributed by atoms with Crippen LogP contribution in [0.4, 0.5) is 0 Å². The molecule has 5 aromatic heterocycles. The molecule has 15 nitrogen and oxygen atoms in total. The van der Waals surface area contributed by atoms with Crippen LogP contribution in [0.25, 0.3) is 44.3 Å². The van der Waals surface area contributed by atoms with Crippen LogP contribution in [-0.4, -0.2) is 101 Å². The van der Waals surface area contributed by atoms with Crippen LogP contribution in [0.1, 0.15) is 44.7 Å². The lowest BCUT2D eigenvalue weighted by molar-refractivity contribution is -0.120. The van der Waals surface area contributed by atoms with Gasteiger partial charge in [-0.3, -0.25) is 23.6 Å². The van der Waals surface area contributed by atoms with E-state index < -0.39 is 0 Å². The van der Waals surface area contributed by atoms with E-state index in [9.17, 15) is 9.59 Å². The molecule has 8 heterocycles. The summed E-state index contributed by atoms with van der Waals surface area (Å²) >= 11 is 0. The van der Waals surface area contributed by atoms with E-state index in [0.717, 1.165) is 76.8 Å². The molecule has 2 saturated heterocycles. The molecule has 0 radical (unpaired) electrons. The molecule has 3 aliphatic heterocycles. The number of ether oxygens (including phenoxy) is 2. The van der Waals surface area contributed by atoms with Crippen molar-refractivity contribution in [2.24, 2.45) is 25.9 Å². The summed E-state index contributed by atoms with van der Waals surface area (Å²) in [5.74, 6) is 1.58. The Kier molecular flexibility index (Phi) is 10.7. The van der Waals surface area contributed by atoms with Crippen molar-refractivity contribution in [3.05, 3.63) is 66.2 Å². The second-order valence-electron chi connectivity index (χ2n) is 15.7. The Balaban J connectivity index is 0.000000162. The molecule has 9 rings (SSSR count). The molecule has 6 aromatic rings. The first-order valence-corrected chi connectivity index (χ1v) is 19.9. The van der Waals surface area contributed by atoms with E-state index in [2.05, 4.69) is 56.1 Å². The number of aryl methyl sites for hydroxylation is 3. The molecule has 2 amide bonds. The van der Waals surface area contributed by atoms with Gasteiger partial charge in [0.05, 0.1) is 39.4 Å². The molecule has 0 spiro atoms. The molecule has 0 unspecified atom stereocenters. The highest BCUT2D eigenvalue weighted by Gasteiger charge is 2.30. The third kappa shape index (κ3) is 8.34. The zero-order valence-corrected chi connectivity index (χ0v) is 33.5. The van der Waals surface area contributed by atoms with Crippen molar-refractivity contribution in [2.45, 2.75) is 65.2 Å². The maximum absolute atomic E-state index is 11.6. The van der Waals surface area contributed by atoms with Gasteiger partial charge in [0, 0.05) is 101 Å². The maximum Gasteiger partial charge on any atom is 0.225 e. The maximum atomic E-state index is 11.6. The monoisotopic (exact) mass is 773 g/mol. The summed E-state index contributed by atoms with van der Waals surface area (Å²) in [5.41, 5.74) is 8.18. The number of fused-ring (bicyclic) bond motifs is 3. The average Bonchev–Trinajstić information content (AvgIpc) is 4.04. The molecule has 2 fully saturated rings. The molecule has 0 saturated carbocycles. The first-order chi connectivity index (χ1) is 27.5. The summed E-state index contributed by atoms with van der Waals surface area (Å²) in [4.78, 5) is 35.1. The Morgan fingerprint density at radius 2 is 1.28 bits per heavy atom. The van der Waals surface area contributed by atoms with Crippen molar-refractivity contribution in [1.82, 2.24) is 54.8 Å². The van der Waals surface area contributed by atoms with Crippen LogP contribution in [0.3, 0.4) is 0 Å². The van der Waals surface area contributed by atoms with Crippen LogP contribution < -0.4 is 20.1 Å². The number of hydrogen-bond acceptors (Lipinski definition) is 10. The van der Waals surface area contributed by atoms with Crippen LogP contribution in [0, 0.1) is 11.8 Å². The quantitative estimate of drug-likeness (QED) is 0.217. The van der Waals surface area contributed by atoms with Crippen molar-refractivity contribution in [2.75, 3.05) is 33.2 Å². The lowest BCUT2D eigenvalue weighted by atomic mass is 9.98. The van der Waals surface area contributed by atoms with Crippen LogP contribution in [0.2, 0.25) is 0 Å². The minimum absolute atomic E-state index is 0.0747. The van der Waals surface area contributed by atoms with Gasteiger partial charge in [-0.15, -0.1) is 0 Å². The number of likely N-dealkylation sites (N-methyl/N-ethyl adjacent to an activating group) is 1. The summed E-state index contributed by atoms with van der Waals surface area (Å²) in [5, 5.41) is 21.0. The number of hydrogen-bond donors (Lipinski definition) is 2. The molecule has 3 aliphatic rings. The zero-order chi connectivity index (χ0) is 39.8. The number of nitrogens with one attached hydrogen (secondary N) is 2. The van der Waals surface area contributed by atoms with Gasteiger partial charge in [-0.1, -0.05) is 12.1 Å². The fourth-order valence-corrected chi connectivity index (χ4v) is 7.82. The highest BCUT2D eigenvalue weighted by atomic mass is 16.5. The Morgan fingerprint density at radius 3 is 1.79 bits per heavy atom. The van der Waals surface area contributed by atoms with Gasteiger partial charge in [0.2, 0.25) is 23.6 Å². The Hall–Kier alpha value is -5.83. The van der Waals surface area contributed by atoms with Gasteiger partial charge in [0.15, 0.2) is 0 Å². The molecular weight excluding hydrogens is 723 g/mol. The van der Waals surface area contributed by atoms with Crippen molar-refractivity contribution >= 4 is 33.6 Å². The topological polar surface area (TPSA) is 159 Å². The summed E-state index contributed by atoms with van der Waals surface area (Å²) in [6.07, 6.45) is 10.5. The fourth-order valence-electron chi connectivity index (χ4n) is 7.82. The molecule has 298 valence electrons. The van der Waals surface area contributed by atoms with Crippen molar-refractivity contribution in [1.29, 1.82) is 0 Å². The number of pyridine rings is 2. The van der Waals surface area contributed by atoms with E-state index in [4.69, 9.17) is 19.4 Å². The molecule has 1 aromatic carbocycles. The van der Waals surface area contributed by atoms with E-state index >= 15 is 0 Å². The molecule has 15 heteroatoms. The van der Waals surface area contributed by atoms with E-state index in [0.29, 0.717) is 37.7 Å². The fraction of sp³-hybridized carbons (Fsp3) is 0.452. The third-order valence-electron chi connectivity index (χ3n) is 11.4. The smallest absolute Gasteiger partial charge is 0.225 e. The number of benzene rings is 1. The number of rotatable bonds is 9. The number of carbonyl (C=O) groups excluding carboxylic acids is 2. The van der Waals surface area contributed by atoms with E-state index in [-0.39, 0.29) is 35.9 Å². The van der Waals surface area contributed by atoms with Gasteiger partial charge < -0.3 is 25.0 Å². The minimum Gasteiger partial charge on any atom is -0.474 e. The third-order valence-corrected chi connectivity index (χ3v) is 11.4. The predicted octanol–water partition coefficient (Wildman–Crippen LogP) is 4.32. The normalized spacial score (nSPS) is 19.4. The predicted molar refractivity (Wildman–Crippen MR) is 217 cm³/mol. The lowest BCUT2D eigenvalue weighted by Gasteiger charge is -2.19. The standard InChI is InChI=1S/C24H29N5O2.C18H22N6O2/c1-15(19-11-23(30)25-13-19)31-24-20-14-29(3)27-22(20)12-21(26-24)18-5-4-16-6-8-28(2)9-7-17(16)10-18;1-4-24-9-13(8-20-24)15-6-16-14(10-23(3)22-16)18(21-15)26-11(2)12-5-17(25)19-7-12/h4-5,10,12,14-15,19H,6-9,11,13H2,1-3H3,(H,25,30);6,8-12H,4-5,7H2,1-3H3,(H,19,25)/t15-,19-;11-,12-/m11/s1. The van der Waals surface area contributed by atoms with Crippen molar-refractivity contribution < 1.29 is 19.1 Å². The molecule has 0 bridgehead atoms. The van der Waals surface area contributed by atoms with E-state index in [1.165, 1.54) is 11.1 Å². The van der Waals surface area contributed by atoms with Crippen LogP contribution >= 0.6 is 0 Å². The van der Waals surface area contributed by atoms with E-state index in [1.807, 2.05) is 70.3 Å². The summed E-state index contributed by atoms with van der Waals surface area (Å²) in [6.45, 7) is 10.3. The Bertz CT molecular complexity index is 2430.